The summed E-state index contributed by atoms with van der Waals surface area (Å²) in [5, 5.41) is 4.95. The normalized spacial score (nSPS) is 26.7. The van der Waals surface area contributed by atoms with E-state index >= 15 is 0 Å². The molecule has 1 aromatic rings. The van der Waals surface area contributed by atoms with Gasteiger partial charge in [0.05, 0.1) is 0 Å². The van der Waals surface area contributed by atoms with Gasteiger partial charge in [0.2, 0.25) is 0 Å². The van der Waals surface area contributed by atoms with Crippen LogP contribution in [0.25, 0.3) is 0 Å². The molecule has 1 saturated heterocycles. The minimum Gasteiger partial charge on any atom is -0.316 e. The summed E-state index contributed by atoms with van der Waals surface area (Å²) in [6, 6.07) is 4.80. The number of rotatable bonds is 4. The second-order valence-electron chi connectivity index (χ2n) is 4.37. The minimum atomic E-state index is 0.560. The minimum absolute atomic E-state index is 0.560. The van der Waals surface area contributed by atoms with Gasteiger partial charge in [0.25, 0.3) is 0 Å². The third-order valence-electron chi connectivity index (χ3n) is 3.21. The standard InChI is InChI=1S/C13H20N2S2/c1-10-13(17-8-7-16-10)12(14-2)9-11-3-5-15-6-4-11/h3-6,10,12-14H,7-9H2,1-2H3. The molecule has 1 N–H and O–H groups in total. The Hall–Kier alpha value is -0.190. The van der Waals surface area contributed by atoms with Gasteiger partial charge in [-0.1, -0.05) is 6.92 Å². The van der Waals surface area contributed by atoms with Gasteiger partial charge < -0.3 is 5.32 Å². The summed E-state index contributed by atoms with van der Waals surface area (Å²) < 4.78 is 0. The van der Waals surface area contributed by atoms with E-state index in [1.807, 2.05) is 12.4 Å². The number of nitrogens with zero attached hydrogens (tertiary/aromatic N) is 1. The van der Waals surface area contributed by atoms with Crippen LogP contribution in [0, 0.1) is 0 Å². The average molecular weight is 268 g/mol. The van der Waals surface area contributed by atoms with Crippen molar-refractivity contribution < 1.29 is 0 Å². The van der Waals surface area contributed by atoms with Crippen molar-refractivity contribution in [3.05, 3.63) is 30.1 Å². The van der Waals surface area contributed by atoms with E-state index in [2.05, 4.69) is 59.9 Å². The largest absolute Gasteiger partial charge is 0.316 e. The highest BCUT2D eigenvalue weighted by molar-refractivity contribution is 8.07. The number of pyridine rings is 1. The highest BCUT2D eigenvalue weighted by Gasteiger charge is 2.29. The van der Waals surface area contributed by atoms with Gasteiger partial charge in [-0.2, -0.15) is 23.5 Å². The first-order valence-electron chi connectivity index (χ1n) is 6.10. The van der Waals surface area contributed by atoms with E-state index in [1.165, 1.54) is 17.1 Å². The van der Waals surface area contributed by atoms with Crippen molar-refractivity contribution in [1.82, 2.24) is 10.3 Å². The maximum absolute atomic E-state index is 4.08. The zero-order valence-corrected chi connectivity index (χ0v) is 12.1. The fraction of sp³-hybridized carbons (Fsp3) is 0.615. The van der Waals surface area contributed by atoms with Gasteiger partial charge >= 0.3 is 0 Å². The van der Waals surface area contributed by atoms with Crippen molar-refractivity contribution in [2.24, 2.45) is 0 Å². The highest BCUT2D eigenvalue weighted by atomic mass is 32.2. The molecular formula is C13H20N2S2. The average Bonchev–Trinajstić information content (AvgIpc) is 2.38. The van der Waals surface area contributed by atoms with Crippen molar-refractivity contribution in [3.63, 3.8) is 0 Å². The van der Waals surface area contributed by atoms with Crippen molar-refractivity contribution in [2.45, 2.75) is 29.9 Å². The van der Waals surface area contributed by atoms with Crippen LogP contribution in [0.4, 0.5) is 0 Å². The molecule has 17 heavy (non-hydrogen) atoms. The Morgan fingerprint density at radius 3 is 2.71 bits per heavy atom. The van der Waals surface area contributed by atoms with Crippen molar-refractivity contribution >= 4 is 23.5 Å². The molecular weight excluding hydrogens is 248 g/mol. The van der Waals surface area contributed by atoms with Crippen LogP contribution in [0.3, 0.4) is 0 Å². The molecule has 3 unspecified atom stereocenters. The van der Waals surface area contributed by atoms with Crippen LogP contribution in [0.15, 0.2) is 24.5 Å². The number of likely N-dealkylation sites (N-methyl/N-ethyl adjacent to an activating group) is 1. The van der Waals surface area contributed by atoms with Gasteiger partial charge in [0.15, 0.2) is 0 Å². The summed E-state index contributed by atoms with van der Waals surface area (Å²) in [5.41, 5.74) is 1.38. The van der Waals surface area contributed by atoms with Crippen LogP contribution in [-0.4, -0.2) is 40.1 Å². The molecule has 0 bridgehead atoms. The first-order chi connectivity index (χ1) is 8.31. The summed E-state index contributed by atoms with van der Waals surface area (Å²) in [6.07, 6.45) is 4.87. The maximum atomic E-state index is 4.08. The van der Waals surface area contributed by atoms with Crippen molar-refractivity contribution in [3.8, 4) is 0 Å². The van der Waals surface area contributed by atoms with Crippen LogP contribution >= 0.6 is 23.5 Å². The smallest absolute Gasteiger partial charge is 0.0320 e. The Morgan fingerprint density at radius 1 is 1.35 bits per heavy atom. The molecule has 0 radical (unpaired) electrons. The number of nitrogens with one attached hydrogen (secondary N) is 1. The lowest BCUT2D eigenvalue weighted by Crippen LogP contribution is -2.44. The van der Waals surface area contributed by atoms with Gasteiger partial charge in [0, 0.05) is 40.4 Å². The van der Waals surface area contributed by atoms with E-state index < -0.39 is 0 Å². The molecule has 0 aliphatic carbocycles. The Kier molecular flexibility index (Phi) is 5.19. The summed E-state index contributed by atoms with van der Waals surface area (Å²) in [4.78, 5) is 4.08. The molecule has 3 atom stereocenters. The lowest BCUT2D eigenvalue weighted by molar-refractivity contribution is 0.530. The summed E-state index contributed by atoms with van der Waals surface area (Å²) >= 11 is 4.23. The summed E-state index contributed by atoms with van der Waals surface area (Å²) in [7, 11) is 2.08. The second-order valence-corrected chi connectivity index (χ2v) is 7.14. The topological polar surface area (TPSA) is 24.9 Å². The van der Waals surface area contributed by atoms with Gasteiger partial charge in [0.1, 0.15) is 0 Å². The van der Waals surface area contributed by atoms with Crippen LogP contribution in [-0.2, 0) is 6.42 Å². The van der Waals surface area contributed by atoms with Crippen LogP contribution in [0.5, 0.6) is 0 Å². The van der Waals surface area contributed by atoms with E-state index in [4.69, 9.17) is 0 Å². The Labute approximate surface area is 112 Å². The zero-order chi connectivity index (χ0) is 12.1. The highest BCUT2D eigenvalue weighted by Crippen LogP contribution is 2.33. The fourth-order valence-electron chi connectivity index (χ4n) is 2.25. The van der Waals surface area contributed by atoms with E-state index in [1.54, 1.807) is 0 Å². The Balaban J connectivity index is 2.00. The molecule has 2 nitrogen and oxygen atoms in total. The Morgan fingerprint density at radius 2 is 2.06 bits per heavy atom. The third-order valence-corrected chi connectivity index (χ3v) is 6.46. The molecule has 1 aromatic heterocycles. The molecule has 1 aliphatic heterocycles. The van der Waals surface area contributed by atoms with Gasteiger partial charge in [-0.3, -0.25) is 4.98 Å². The lowest BCUT2D eigenvalue weighted by Gasteiger charge is -2.34. The zero-order valence-electron chi connectivity index (χ0n) is 10.4. The molecule has 1 aliphatic rings. The van der Waals surface area contributed by atoms with Gasteiger partial charge in [-0.05, 0) is 31.2 Å². The van der Waals surface area contributed by atoms with Crippen molar-refractivity contribution in [1.29, 1.82) is 0 Å². The second kappa shape index (κ2) is 6.66. The number of aromatic nitrogens is 1. The molecule has 94 valence electrons. The van der Waals surface area contributed by atoms with Crippen LogP contribution in [0.2, 0.25) is 0 Å². The number of hydrogen-bond donors (Lipinski definition) is 1. The molecule has 0 aromatic carbocycles. The molecule has 0 saturated carbocycles. The van der Waals surface area contributed by atoms with E-state index in [9.17, 15) is 0 Å². The summed E-state index contributed by atoms with van der Waals surface area (Å²) in [5.74, 6) is 2.59. The van der Waals surface area contributed by atoms with Gasteiger partial charge in [-0.15, -0.1) is 0 Å². The SMILES string of the molecule is CNC(Cc1ccncc1)C1SCCSC1C. The fourth-order valence-corrected chi connectivity index (χ4v) is 5.25. The molecule has 2 heterocycles. The number of thioether (sulfide) groups is 2. The Bertz CT molecular complexity index is 331. The van der Waals surface area contributed by atoms with Crippen LogP contribution < -0.4 is 5.32 Å². The van der Waals surface area contributed by atoms with E-state index in [-0.39, 0.29) is 0 Å². The van der Waals surface area contributed by atoms with E-state index in [0.717, 1.165) is 11.7 Å². The molecule has 2 rings (SSSR count). The predicted octanol–water partition coefficient (Wildman–Crippen LogP) is 2.45. The van der Waals surface area contributed by atoms with Gasteiger partial charge in [-0.25, -0.2) is 0 Å². The molecule has 4 heteroatoms. The maximum Gasteiger partial charge on any atom is 0.0320 e. The lowest BCUT2D eigenvalue weighted by atomic mass is 10.0. The monoisotopic (exact) mass is 268 g/mol. The quantitative estimate of drug-likeness (QED) is 0.907. The van der Waals surface area contributed by atoms with E-state index in [0.29, 0.717) is 11.3 Å². The summed E-state index contributed by atoms with van der Waals surface area (Å²) in [6.45, 7) is 2.36. The van der Waals surface area contributed by atoms with Crippen molar-refractivity contribution in [2.75, 3.05) is 18.6 Å². The predicted molar refractivity (Wildman–Crippen MR) is 79.0 cm³/mol. The molecule has 0 spiro atoms. The number of hydrogen-bond acceptors (Lipinski definition) is 4. The molecule has 1 fully saturated rings. The van der Waals surface area contributed by atoms with Crippen LogP contribution in [0.1, 0.15) is 12.5 Å². The third kappa shape index (κ3) is 3.63. The molecule has 0 amide bonds. The first-order valence-corrected chi connectivity index (χ1v) is 8.20. The first kappa shape index (κ1) is 13.2.